The predicted molar refractivity (Wildman–Crippen MR) is 71.6 cm³/mol. The van der Waals surface area contributed by atoms with Crippen molar-refractivity contribution in [3.05, 3.63) is 30.1 Å². The minimum atomic E-state index is -0.873. The van der Waals surface area contributed by atoms with Crippen molar-refractivity contribution >= 4 is 23.6 Å². The molecule has 1 atom stereocenters. The molecule has 2 N–H and O–H groups in total. The second kappa shape index (κ2) is 7.78. The lowest BCUT2D eigenvalue weighted by Crippen LogP contribution is -2.34. The zero-order valence-corrected chi connectivity index (χ0v) is 11.4. The maximum atomic E-state index is 12.7. The van der Waals surface area contributed by atoms with Crippen molar-refractivity contribution in [2.45, 2.75) is 30.7 Å². The molecule has 4 nitrogen and oxygen atoms in total. The van der Waals surface area contributed by atoms with Gasteiger partial charge in [0.2, 0.25) is 5.91 Å². The fourth-order valence-corrected chi connectivity index (χ4v) is 2.12. The summed E-state index contributed by atoms with van der Waals surface area (Å²) >= 11 is 1.31. The van der Waals surface area contributed by atoms with Crippen molar-refractivity contribution < 1.29 is 19.1 Å². The van der Waals surface area contributed by atoms with Gasteiger partial charge in [-0.1, -0.05) is 0 Å². The van der Waals surface area contributed by atoms with Crippen LogP contribution in [-0.2, 0) is 9.59 Å². The van der Waals surface area contributed by atoms with Crippen LogP contribution < -0.4 is 5.32 Å². The normalized spacial score (nSPS) is 11.9. The van der Waals surface area contributed by atoms with E-state index in [2.05, 4.69) is 5.32 Å². The Morgan fingerprint density at radius 1 is 1.37 bits per heavy atom. The number of carboxylic acid groups (broad SMARTS) is 1. The number of carboxylic acids is 1. The van der Waals surface area contributed by atoms with E-state index in [0.29, 0.717) is 6.42 Å². The molecule has 0 saturated heterocycles. The average molecular weight is 285 g/mol. The van der Waals surface area contributed by atoms with Gasteiger partial charge in [-0.15, -0.1) is 11.8 Å². The average Bonchev–Trinajstić information content (AvgIpc) is 2.36. The summed E-state index contributed by atoms with van der Waals surface area (Å²) in [6, 6.07) is 5.74. The lowest BCUT2D eigenvalue weighted by Gasteiger charge is -2.12. The second-order valence-electron chi connectivity index (χ2n) is 4.14. The van der Waals surface area contributed by atoms with Gasteiger partial charge in [0.15, 0.2) is 0 Å². The van der Waals surface area contributed by atoms with Gasteiger partial charge < -0.3 is 10.4 Å². The quantitative estimate of drug-likeness (QED) is 0.754. The van der Waals surface area contributed by atoms with E-state index in [9.17, 15) is 14.0 Å². The number of nitrogens with one attached hydrogen (secondary N) is 1. The molecule has 1 rings (SSSR count). The summed E-state index contributed by atoms with van der Waals surface area (Å²) in [5.41, 5.74) is 0. The lowest BCUT2D eigenvalue weighted by atomic mass is 10.2. The topological polar surface area (TPSA) is 66.4 Å². The van der Waals surface area contributed by atoms with Crippen molar-refractivity contribution in [1.29, 1.82) is 0 Å². The molecule has 19 heavy (non-hydrogen) atoms. The van der Waals surface area contributed by atoms with Crippen LogP contribution in [-0.4, -0.2) is 28.8 Å². The van der Waals surface area contributed by atoms with Gasteiger partial charge in [0.25, 0.3) is 0 Å². The first kappa shape index (κ1) is 15.5. The van der Waals surface area contributed by atoms with E-state index in [4.69, 9.17) is 5.11 Å². The first-order valence-electron chi connectivity index (χ1n) is 5.87. The molecule has 0 heterocycles. The van der Waals surface area contributed by atoms with Crippen LogP contribution in [0.1, 0.15) is 19.8 Å². The van der Waals surface area contributed by atoms with Crippen molar-refractivity contribution in [3.63, 3.8) is 0 Å². The van der Waals surface area contributed by atoms with Crippen molar-refractivity contribution in [2.24, 2.45) is 0 Å². The third kappa shape index (κ3) is 6.81. The number of hydrogen-bond donors (Lipinski definition) is 2. The van der Waals surface area contributed by atoms with E-state index >= 15 is 0 Å². The van der Waals surface area contributed by atoms with Gasteiger partial charge in [-0.3, -0.25) is 9.59 Å². The highest BCUT2D eigenvalue weighted by atomic mass is 32.2. The van der Waals surface area contributed by atoms with E-state index in [0.717, 1.165) is 4.90 Å². The van der Waals surface area contributed by atoms with Crippen LogP contribution >= 0.6 is 11.8 Å². The van der Waals surface area contributed by atoms with E-state index in [-0.39, 0.29) is 29.9 Å². The van der Waals surface area contributed by atoms with Gasteiger partial charge in [0.05, 0.1) is 5.75 Å². The highest BCUT2D eigenvalue weighted by Gasteiger charge is 2.09. The molecule has 0 aliphatic heterocycles. The number of hydrogen-bond acceptors (Lipinski definition) is 3. The Morgan fingerprint density at radius 3 is 2.58 bits per heavy atom. The fraction of sp³-hybridized carbons (Fsp3) is 0.385. The molecule has 0 radical (unpaired) electrons. The smallest absolute Gasteiger partial charge is 0.303 e. The van der Waals surface area contributed by atoms with Gasteiger partial charge in [0.1, 0.15) is 5.82 Å². The Morgan fingerprint density at radius 2 is 2.00 bits per heavy atom. The minimum absolute atomic E-state index is 0.0343. The summed E-state index contributed by atoms with van der Waals surface area (Å²) in [6.45, 7) is 1.77. The van der Waals surface area contributed by atoms with Gasteiger partial charge >= 0.3 is 5.97 Å². The summed E-state index contributed by atoms with van der Waals surface area (Å²) in [5.74, 6) is -1.12. The number of carbonyl (C=O) groups excluding carboxylic acids is 1. The molecular formula is C13H16FNO3S. The zero-order valence-electron chi connectivity index (χ0n) is 10.6. The third-order valence-corrected chi connectivity index (χ3v) is 3.39. The van der Waals surface area contributed by atoms with Gasteiger partial charge in [-0.05, 0) is 37.6 Å². The number of rotatable bonds is 7. The molecular weight excluding hydrogens is 269 g/mol. The third-order valence-electron chi connectivity index (χ3n) is 2.38. The number of benzene rings is 1. The van der Waals surface area contributed by atoms with Crippen LogP contribution in [0.25, 0.3) is 0 Å². The van der Waals surface area contributed by atoms with Crippen LogP contribution in [0, 0.1) is 5.82 Å². The number of amides is 1. The van der Waals surface area contributed by atoms with Crippen molar-refractivity contribution in [2.75, 3.05) is 5.75 Å². The number of aliphatic carboxylic acids is 1. The number of thioether (sulfide) groups is 1. The molecule has 0 aliphatic carbocycles. The Balaban J connectivity index is 2.27. The summed E-state index contributed by atoms with van der Waals surface area (Å²) in [4.78, 5) is 22.8. The maximum Gasteiger partial charge on any atom is 0.303 e. The molecule has 0 saturated carbocycles. The van der Waals surface area contributed by atoms with Crippen LogP contribution in [0.4, 0.5) is 4.39 Å². The first-order chi connectivity index (χ1) is 8.97. The molecule has 6 heteroatoms. The van der Waals surface area contributed by atoms with Crippen molar-refractivity contribution in [1.82, 2.24) is 5.32 Å². The Bertz CT molecular complexity index is 436. The Hall–Kier alpha value is -1.56. The molecule has 1 aromatic rings. The molecule has 1 amide bonds. The zero-order chi connectivity index (χ0) is 14.3. The van der Waals surface area contributed by atoms with Gasteiger partial charge in [0, 0.05) is 17.4 Å². The molecule has 0 spiro atoms. The highest BCUT2D eigenvalue weighted by molar-refractivity contribution is 8.00. The van der Waals surface area contributed by atoms with E-state index in [1.54, 1.807) is 19.1 Å². The number of carbonyl (C=O) groups is 2. The monoisotopic (exact) mass is 285 g/mol. The van der Waals surface area contributed by atoms with Gasteiger partial charge in [-0.2, -0.15) is 0 Å². The van der Waals surface area contributed by atoms with E-state index in [1.807, 2.05) is 0 Å². The molecule has 1 unspecified atom stereocenters. The van der Waals surface area contributed by atoms with Crippen LogP contribution in [0.15, 0.2) is 29.2 Å². The number of halogens is 1. The molecule has 0 bridgehead atoms. The van der Waals surface area contributed by atoms with Crippen LogP contribution in [0.2, 0.25) is 0 Å². The standard InChI is InChI=1S/C13H16FNO3S/c1-9(2-7-13(17)18)15-12(16)8-19-11-5-3-10(14)4-6-11/h3-6,9H,2,7-8H2,1H3,(H,15,16)(H,17,18). The lowest BCUT2D eigenvalue weighted by molar-refractivity contribution is -0.137. The predicted octanol–water partition coefficient (Wildman–Crippen LogP) is 2.29. The van der Waals surface area contributed by atoms with E-state index in [1.165, 1.54) is 23.9 Å². The van der Waals surface area contributed by atoms with Gasteiger partial charge in [-0.25, -0.2) is 4.39 Å². The summed E-state index contributed by atoms with van der Waals surface area (Å²) < 4.78 is 12.7. The second-order valence-corrected chi connectivity index (χ2v) is 5.19. The summed E-state index contributed by atoms with van der Waals surface area (Å²) in [5, 5.41) is 11.2. The molecule has 0 aliphatic rings. The summed E-state index contributed by atoms with van der Waals surface area (Å²) in [7, 11) is 0. The largest absolute Gasteiger partial charge is 0.481 e. The molecule has 0 aromatic heterocycles. The minimum Gasteiger partial charge on any atom is -0.481 e. The first-order valence-corrected chi connectivity index (χ1v) is 6.85. The van der Waals surface area contributed by atoms with Crippen LogP contribution in [0.3, 0.4) is 0 Å². The van der Waals surface area contributed by atoms with Crippen LogP contribution in [0.5, 0.6) is 0 Å². The molecule has 104 valence electrons. The fourth-order valence-electron chi connectivity index (χ4n) is 1.41. The summed E-state index contributed by atoms with van der Waals surface area (Å²) in [6.07, 6.45) is 0.439. The van der Waals surface area contributed by atoms with E-state index < -0.39 is 5.97 Å². The maximum absolute atomic E-state index is 12.7. The highest BCUT2D eigenvalue weighted by Crippen LogP contribution is 2.17. The SMILES string of the molecule is CC(CCC(=O)O)NC(=O)CSc1ccc(F)cc1. The molecule has 0 fully saturated rings. The molecule has 1 aromatic carbocycles. The Labute approximate surface area is 115 Å². The Kier molecular flexibility index (Phi) is 6.35. The van der Waals surface area contributed by atoms with Crippen molar-refractivity contribution in [3.8, 4) is 0 Å².